The van der Waals surface area contributed by atoms with Gasteiger partial charge < -0.3 is 9.80 Å². The molecule has 2 nitrogen and oxygen atoms in total. The fourth-order valence-electron chi connectivity index (χ4n) is 1.77. The van der Waals surface area contributed by atoms with Crippen LogP contribution in [-0.4, -0.2) is 49.7 Å². The van der Waals surface area contributed by atoms with Crippen LogP contribution in [0.1, 0.15) is 13.3 Å². The van der Waals surface area contributed by atoms with Gasteiger partial charge in [-0.2, -0.15) is 0 Å². The molecule has 1 aliphatic heterocycles. The van der Waals surface area contributed by atoms with Crippen molar-refractivity contribution in [3.05, 3.63) is 12.3 Å². The lowest BCUT2D eigenvalue weighted by Crippen LogP contribution is -2.41. The Labute approximate surface area is 86.4 Å². The van der Waals surface area contributed by atoms with Crippen molar-refractivity contribution in [1.29, 1.82) is 0 Å². The number of rotatable bonds is 3. The third kappa shape index (κ3) is 2.98. The quantitative estimate of drug-likeness (QED) is 0.684. The smallest absolute Gasteiger partial charge is 0.120 e. The SMILES string of the molecule is C=C(CN(C)C)N1CCC(C)C(F)C1. The molecule has 0 aliphatic carbocycles. The van der Waals surface area contributed by atoms with E-state index < -0.39 is 6.17 Å². The highest BCUT2D eigenvalue weighted by molar-refractivity contribution is 4.99. The zero-order chi connectivity index (χ0) is 10.7. The summed E-state index contributed by atoms with van der Waals surface area (Å²) in [6.45, 7) is 8.27. The van der Waals surface area contributed by atoms with E-state index >= 15 is 0 Å². The Balaban J connectivity index is 2.42. The van der Waals surface area contributed by atoms with Gasteiger partial charge in [-0.05, 0) is 26.4 Å². The molecule has 0 aromatic heterocycles. The molecule has 0 saturated carbocycles. The number of hydrogen-bond donors (Lipinski definition) is 0. The molecule has 0 aromatic rings. The van der Waals surface area contributed by atoms with Crippen molar-refractivity contribution in [2.24, 2.45) is 5.92 Å². The van der Waals surface area contributed by atoms with E-state index in [0.717, 1.165) is 25.2 Å². The van der Waals surface area contributed by atoms with Gasteiger partial charge in [-0.25, -0.2) is 4.39 Å². The van der Waals surface area contributed by atoms with Crippen molar-refractivity contribution >= 4 is 0 Å². The number of likely N-dealkylation sites (N-methyl/N-ethyl adjacent to an activating group) is 1. The van der Waals surface area contributed by atoms with Gasteiger partial charge in [-0.3, -0.25) is 0 Å². The largest absolute Gasteiger partial charge is 0.371 e. The summed E-state index contributed by atoms with van der Waals surface area (Å²) < 4.78 is 13.4. The fourth-order valence-corrected chi connectivity index (χ4v) is 1.77. The molecule has 1 aliphatic rings. The highest BCUT2D eigenvalue weighted by Gasteiger charge is 2.26. The highest BCUT2D eigenvalue weighted by Crippen LogP contribution is 2.22. The van der Waals surface area contributed by atoms with Crippen LogP contribution in [0.25, 0.3) is 0 Å². The number of alkyl halides is 1. The Hall–Kier alpha value is -0.570. The summed E-state index contributed by atoms with van der Waals surface area (Å²) in [4.78, 5) is 4.14. The first kappa shape index (κ1) is 11.5. The normalized spacial score (nSPS) is 28.2. The molecule has 0 spiro atoms. The monoisotopic (exact) mass is 200 g/mol. The van der Waals surface area contributed by atoms with Crippen molar-refractivity contribution < 1.29 is 4.39 Å². The first-order valence-electron chi connectivity index (χ1n) is 5.22. The fraction of sp³-hybridized carbons (Fsp3) is 0.818. The lowest BCUT2D eigenvalue weighted by Gasteiger charge is -2.36. The predicted octanol–water partition coefficient (Wildman–Crippen LogP) is 1.74. The molecule has 0 aromatic carbocycles. The van der Waals surface area contributed by atoms with Gasteiger partial charge in [0.15, 0.2) is 0 Å². The Morgan fingerprint density at radius 3 is 2.71 bits per heavy atom. The number of hydrogen-bond acceptors (Lipinski definition) is 2. The summed E-state index contributed by atoms with van der Waals surface area (Å²) in [5.74, 6) is 0.207. The maximum absolute atomic E-state index is 13.4. The second-order valence-corrected chi connectivity index (χ2v) is 4.53. The predicted molar refractivity (Wildman–Crippen MR) is 57.9 cm³/mol. The van der Waals surface area contributed by atoms with Gasteiger partial charge in [0.25, 0.3) is 0 Å². The molecule has 1 saturated heterocycles. The number of halogens is 1. The average Bonchev–Trinajstić information content (AvgIpc) is 2.08. The van der Waals surface area contributed by atoms with Crippen LogP contribution in [0.4, 0.5) is 4.39 Å². The molecule has 1 rings (SSSR count). The molecule has 0 N–H and O–H groups in total. The van der Waals surface area contributed by atoms with E-state index in [9.17, 15) is 4.39 Å². The summed E-state index contributed by atoms with van der Waals surface area (Å²) in [7, 11) is 4.01. The van der Waals surface area contributed by atoms with E-state index in [-0.39, 0.29) is 5.92 Å². The van der Waals surface area contributed by atoms with Gasteiger partial charge in [0.2, 0.25) is 0 Å². The second-order valence-electron chi connectivity index (χ2n) is 4.53. The van der Waals surface area contributed by atoms with E-state index in [4.69, 9.17) is 0 Å². The topological polar surface area (TPSA) is 6.48 Å². The maximum Gasteiger partial charge on any atom is 0.120 e. The molecule has 0 radical (unpaired) electrons. The van der Waals surface area contributed by atoms with Crippen LogP contribution in [0.15, 0.2) is 12.3 Å². The molecule has 82 valence electrons. The molecular weight excluding hydrogens is 179 g/mol. The molecule has 14 heavy (non-hydrogen) atoms. The van der Waals surface area contributed by atoms with Crippen LogP contribution >= 0.6 is 0 Å². The third-order valence-electron chi connectivity index (χ3n) is 2.81. The average molecular weight is 200 g/mol. The summed E-state index contributed by atoms with van der Waals surface area (Å²) in [5, 5.41) is 0. The minimum Gasteiger partial charge on any atom is -0.371 e. The van der Waals surface area contributed by atoms with Crippen LogP contribution < -0.4 is 0 Å². The second kappa shape index (κ2) is 4.78. The summed E-state index contributed by atoms with van der Waals surface area (Å²) in [6.07, 6.45) is 0.246. The summed E-state index contributed by atoms with van der Waals surface area (Å²) >= 11 is 0. The molecule has 1 heterocycles. The van der Waals surface area contributed by atoms with E-state index in [1.807, 2.05) is 21.0 Å². The number of piperidine rings is 1. The lowest BCUT2D eigenvalue weighted by atomic mass is 9.97. The first-order valence-corrected chi connectivity index (χ1v) is 5.22. The summed E-state index contributed by atoms with van der Waals surface area (Å²) in [6, 6.07) is 0. The van der Waals surface area contributed by atoms with Gasteiger partial charge in [-0.1, -0.05) is 13.5 Å². The molecule has 0 bridgehead atoms. The van der Waals surface area contributed by atoms with E-state index in [1.54, 1.807) is 0 Å². The standard InChI is InChI=1S/C11H21FN2/c1-9-5-6-14(8-11(9)12)10(2)7-13(3)4/h9,11H,2,5-8H2,1,3-4H3. The van der Waals surface area contributed by atoms with Crippen molar-refractivity contribution in [2.75, 3.05) is 33.7 Å². The Bertz CT molecular complexity index is 203. The van der Waals surface area contributed by atoms with Gasteiger partial charge in [0, 0.05) is 25.3 Å². The molecule has 0 amide bonds. The zero-order valence-corrected chi connectivity index (χ0v) is 9.46. The Kier molecular flexibility index (Phi) is 3.93. The van der Waals surface area contributed by atoms with Crippen molar-refractivity contribution in [3.63, 3.8) is 0 Å². The number of nitrogens with zero attached hydrogens (tertiary/aromatic N) is 2. The molecule has 2 unspecified atom stereocenters. The Morgan fingerprint density at radius 1 is 1.57 bits per heavy atom. The van der Waals surface area contributed by atoms with Crippen LogP contribution in [0.3, 0.4) is 0 Å². The summed E-state index contributed by atoms with van der Waals surface area (Å²) in [5.41, 5.74) is 1.03. The molecular formula is C11H21FN2. The molecule has 3 heteroatoms. The van der Waals surface area contributed by atoms with Crippen LogP contribution in [0.5, 0.6) is 0 Å². The van der Waals surface area contributed by atoms with Gasteiger partial charge in [0.1, 0.15) is 6.17 Å². The van der Waals surface area contributed by atoms with Crippen molar-refractivity contribution in [3.8, 4) is 0 Å². The van der Waals surface area contributed by atoms with Crippen molar-refractivity contribution in [2.45, 2.75) is 19.5 Å². The minimum absolute atomic E-state index is 0.207. The van der Waals surface area contributed by atoms with Crippen LogP contribution in [0.2, 0.25) is 0 Å². The van der Waals surface area contributed by atoms with E-state index in [2.05, 4.69) is 16.4 Å². The third-order valence-corrected chi connectivity index (χ3v) is 2.81. The lowest BCUT2D eigenvalue weighted by molar-refractivity contribution is 0.112. The Morgan fingerprint density at radius 2 is 2.21 bits per heavy atom. The maximum atomic E-state index is 13.4. The molecule has 2 atom stereocenters. The zero-order valence-electron chi connectivity index (χ0n) is 9.46. The van der Waals surface area contributed by atoms with Gasteiger partial charge >= 0.3 is 0 Å². The van der Waals surface area contributed by atoms with Crippen LogP contribution in [0, 0.1) is 5.92 Å². The van der Waals surface area contributed by atoms with Crippen molar-refractivity contribution in [1.82, 2.24) is 9.80 Å². The first-order chi connectivity index (χ1) is 6.50. The number of likely N-dealkylation sites (tertiary alicyclic amines) is 1. The molecule has 1 fully saturated rings. The van der Waals surface area contributed by atoms with Crippen LogP contribution in [-0.2, 0) is 0 Å². The van der Waals surface area contributed by atoms with Gasteiger partial charge in [0.05, 0.1) is 0 Å². The minimum atomic E-state index is -0.692. The highest BCUT2D eigenvalue weighted by atomic mass is 19.1. The van der Waals surface area contributed by atoms with E-state index in [1.165, 1.54) is 0 Å². The van der Waals surface area contributed by atoms with E-state index in [0.29, 0.717) is 6.54 Å². The van der Waals surface area contributed by atoms with Gasteiger partial charge in [-0.15, -0.1) is 0 Å².